The molecule has 27 heavy (non-hydrogen) atoms. The number of nitrogens with one attached hydrogen (secondary N) is 1. The van der Waals surface area contributed by atoms with E-state index < -0.39 is 27.8 Å². The van der Waals surface area contributed by atoms with Gasteiger partial charge >= 0.3 is 0 Å². The number of carbonyl (C=O) groups is 1. The zero-order valence-electron chi connectivity index (χ0n) is 15.4. The molecule has 9 heteroatoms. The van der Waals surface area contributed by atoms with Crippen LogP contribution >= 0.6 is 0 Å². The van der Waals surface area contributed by atoms with Crippen molar-refractivity contribution in [1.29, 1.82) is 0 Å². The Morgan fingerprint density at radius 1 is 1.11 bits per heavy atom. The van der Waals surface area contributed by atoms with Crippen LogP contribution in [0, 0.1) is 5.82 Å². The van der Waals surface area contributed by atoms with Crippen LogP contribution in [0.5, 0.6) is 11.5 Å². The topological polar surface area (TPSA) is 84.9 Å². The molecule has 0 heterocycles. The van der Waals surface area contributed by atoms with Crippen LogP contribution in [0.3, 0.4) is 0 Å². The summed E-state index contributed by atoms with van der Waals surface area (Å²) in [4.78, 5) is 12.7. The molecule has 0 radical (unpaired) electrons. The van der Waals surface area contributed by atoms with Gasteiger partial charge in [0.1, 0.15) is 23.4 Å². The van der Waals surface area contributed by atoms with Gasteiger partial charge in [-0.3, -0.25) is 9.10 Å². The molecule has 0 unspecified atom stereocenters. The van der Waals surface area contributed by atoms with E-state index in [2.05, 4.69) is 5.32 Å². The van der Waals surface area contributed by atoms with Gasteiger partial charge in [-0.15, -0.1) is 0 Å². The summed E-state index contributed by atoms with van der Waals surface area (Å²) >= 11 is 0. The summed E-state index contributed by atoms with van der Waals surface area (Å²) in [5.74, 6) is -0.206. The van der Waals surface area contributed by atoms with Gasteiger partial charge in [-0.2, -0.15) is 0 Å². The van der Waals surface area contributed by atoms with Crippen molar-refractivity contribution in [2.75, 3.05) is 30.1 Å². The number of ether oxygens (including phenoxy) is 2. The van der Waals surface area contributed by atoms with Crippen molar-refractivity contribution in [2.24, 2.45) is 0 Å². The third-order valence-corrected chi connectivity index (χ3v) is 5.08. The van der Waals surface area contributed by atoms with E-state index in [1.54, 1.807) is 18.2 Å². The Labute approximate surface area is 157 Å². The lowest BCUT2D eigenvalue weighted by Crippen LogP contribution is -2.45. The van der Waals surface area contributed by atoms with Crippen LogP contribution < -0.4 is 19.1 Å². The molecule has 7 nitrogen and oxygen atoms in total. The standard InChI is InChI=1S/C18H21FN2O5S/c1-12(21(27(4,23)24)14-7-5-13(19)6-8-14)18(22)20-16-11-15(25-2)9-10-17(16)26-3/h5-12H,1-4H3,(H,20,22)/t12-/m0/s1. The number of hydrogen-bond acceptors (Lipinski definition) is 5. The number of rotatable bonds is 7. The Bertz CT molecular complexity index is 916. The molecule has 1 N–H and O–H groups in total. The molecule has 146 valence electrons. The van der Waals surface area contributed by atoms with Gasteiger partial charge in [-0.25, -0.2) is 12.8 Å². The Morgan fingerprint density at radius 2 is 1.74 bits per heavy atom. The summed E-state index contributed by atoms with van der Waals surface area (Å²) < 4.78 is 48.9. The van der Waals surface area contributed by atoms with Gasteiger partial charge in [0.25, 0.3) is 0 Å². The molecule has 0 aliphatic carbocycles. The number of benzene rings is 2. The molecular formula is C18H21FN2O5S. The van der Waals surface area contributed by atoms with Gasteiger partial charge < -0.3 is 14.8 Å². The second-order valence-electron chi connectivity index (χ2n) is 5.77. The van der Waals surface area contributed by atoms with E-state index in [0.29, 0.717) is 17.2 Å². The highest BCUT2D eigenvalue weighted by Crippen LogP contribution is 2.30. The van der Waals surface area contributed by atoms with Gasteiger partial charge in [0, 0.05) is 6.07 Å². The third kappa shape index (κ3) is 4.88. The Morgan fingerprint density at radius 3 is 2.26 bits per heavy atom. The summed E-state index contributed by atoms with van der Waals surface area (Å²) in [6.07, 6.45) is 0.978. The zero-order chi connectivity index (χ0) is 20.2. The predicted octanol–water partition coefficient (Wildman–Crippen LogP) is 2.64. The van der Waals surface area contributed by atoms with Crippen LogP contribution in [0.1, 0.15) is 6.92 Å². The predicted molar refractivity (Wildman–Crippen MR) is 101 cm³/mol. The van der Waals surface area contributed by atoms with Crippen LogP contribution in [0.15, 0.2) is 42.5 Å². The molecule has 0 fully saturated rings. The summed E-state index contributed by atoms with van der Waals surface area (Å²) in [6, 6.07) is 8.60. The number of carbonyl (C=O) groups excluding carboxylic acids is 1. The quantitative estimate of drug-likeness (QED) is 0.778. The summed E-state index contributed by atoms with van der Waals surface area (Å²) in [7, 11) is -0.873. The first-order valence-electron chi connectivity index (χ1n) is 7.95. The number of nitrogens with zero attached hydrogens (tertiary/aromatic N) is 1. The molecule has 0 aromatic heterocycles. The highest BCUT2D eigenvalue weighted by Gasteiger charge is 2.29. The normalized spacial score (nSPS) is 12.2. The van der Waals surface area contributed by atoms with Crippen LogP contribution in [-0.2, 0) is 14.8 Å². The van der Waals surface area contributed by atoms with Crippen molar-refractivity contribution in [3.63, 3.8) is 0 Å². The number of methoxy groups -OCH3 is 2. The first-order chi connectivity index (χ1) is 12.7. The molecular weight excluding hydrogens is 375 g/mol. The molecule has 0 saturated carbocycles. The second kappa shape index (κ2) is 8.26. The molecule has 0 spiro atoms. The van der Waals surface area contributed by atoms with Gasteiger partial charge in [0.15, 0.2) is 0 Å². The van der Waals surface area contributed by atoms with E-state index in [1.807, 2.05) is 0 Å². The molecule has 1 atom stereocenters. The molecule has 1 amide bonds. The Hall–Kier alpha value is -2.81. The Balaban J connectivity index is 2.34. The fourth-order valence-electron chi connectivity index (χ4n) is 2.55. The minimum absolute atomic E-state index is 0.180. The van der Waals surface area contributed by atoms with Crippen molar-refractivity contribution < 1.29 is 27.1 Å². The lowest BCUT2D eigenvalue weighted by molar-refractivity contribution is -0.116. The van der Waals surface area contributed by atoms with Crippen LogP contribution in [0.25, 0.3) is 0 Å². The largest absolute Gasteiger partial charge is 0.497 e. The number of halogens is 1. The van der Waals surface area contributed by atoms with Gasteiger partial charge in [-0.1, -0.05) is 0 Å². The third-order valence-electron chi connectivity index (χ3n) is 3.83. The maximum absolute atomic E-state index is 13.2. The fraction of sp³-hybridized carbons (Fsp3) is 0.278. The summed E-state index contributed by atoms with van der Waals surface area (Å²) in [5, 5.41) is 2.65. The SMILES string of the molecule is COc1ccc(OC)c(NC(=O)[C@H](C)N(c2ccc(F)cc2)S(C)(=O)=O)c1. The smallest absolute Gasteiger partial charge is 0.248 e. The van der Waals surface area contributed by atoms with Gasteiger partial charge in [0.05, 0.1) is 31.9 Å². The minimum atomic E-state index is -3.80. The van der Waals surface area contributed by atoms with Crippen molar-refractivity contribution in [2.45, 2.75) is 13.0 Å². The highest BCUT2D eigenvalue weighted by molar-refractivity contribution is 7.92. The maximum Gasteiger partial charge on any atom is 0.248 e. The number of hydrogen-bond donors (Lipinski definition) is 1. The summed E-state index contributed by atoms with van der Waals surface area (Å²) in [6.45, 7) is 1.44. The van der Waals surface area contributed by atoms with Crippen molar-refractivity contribution in [3.8, 4) is 11.5 Å². The average molecular weight is 396 g/mol. The molecule has 2 aromatic rings. The van der Waals surface area contributed by atoms with E-state index in [-0.39, 0.29) is 5.69 Å². The number of sulfonamides is 1. The van der Waals surface area contributed by atoms with E-state index in [9.17, 15) is 17.6 Å². The maximum atomic E-state index is 13.2. The van der Waals surface area contributed by atoms with Crippen molar-refractivity contribution in [3.05, 3.63) is 48.3 Å². The van der Waals surface area contributed by atoms with Crippen molar-refractivity contribution in [1.82, 2.24) is 0 Å². The molecule has 2 rings (SSSR count). The van der Waals surface area contributed by atoms with E-state index in [4.69, 9.17) is 9.47 Å². The average Bonchev–Trinajstić information content (AvgIpc) is 2.62. The second-order valence-corrected chi connectivity index (χ2v) is 7.63. The van der Waals surface area contributed by atoms with E-state index in [0.717, 1.165) is 22.7 Å². The molecule has 0 saturated heterocycles. The highest BCUT2D eigenvalue weighted by atomic mass is 32.2. The van der Waals surface area contributed by atoms with Crippen LogP contribution in [0.4, 0.5) is 15.8 Å². The Kier molecular flexibility index (Phi) is 6.27. The lowest BCUT2D eigenvalue weighted by Gasteiger charge is -2.28. The van der Waals surface area contributed by atoms with Crippen LogP contribution in [0.2, 0.25) is 0 Å². The number of anilines is 2. The van der Waals surface area contributed by atoms with E-state index >= 15 is 0 Å². The first-order valence-corrected chi connectivity index (χ1v) is 9.80. The van der Waals surface area contributed by atoms with Crippen molar-refractivity contribution >= 4 is 27.3 Å². The van der Waals surface area contributed by atoms with Gasteiger partial charge in [0.2, 0.25) is 15.9 Å². The minimum Gasteiger partial charge on any atom is -0.497 e. The fourth-order valence-corrected chi connectivity index (χ4v) is 3.72. The number of amides is 1. The zero-order valence-corrected chi connectivity index (χ0v) is 16.2. The van der Waals surface area contributed by atoms with Crippen LogP contribution in [-0.4, -0.2) is 40.8 Å². The molecule has 0 bridgehead atoms. The monoisotopic (exact) mass is 396 g/mol. The first kappa shape index (κ1) is 20.5. The molecule has 0 aliphatic rings. The van der Waals surface area contributed by atoms with E-state index in [1.165, 1.54) is 33.3 Å². The molecule has 2 aromatic carbocycles. The molecule has 0 aliphatic heterocycles. The lowest BCUT2D eigenvalue weighted by atomic mass is 10.2. The van der Waals surface area contributed by atoms with Gasteiger partial charge in [-0.05, 0) is 43.3 Å². The summed E-state index contributed by atoms with van der Waals surface area (Å²) in [5.41, 5.74) is 0.514.